The van der Waals surface area contributed by atoms with Gasteiger partial charge in [0.1, 0.15) is 0 Å². The summed E-state index contributed by atoms with van der Waals surface area (Å²) in [6.45, 7) is 0. The molecule has 0 N–H and O–H groups in total. The summed E-state index contributed by atoms with van der Waals surface area (Å²) < 4.78 is 10.5. The van der Waals surface area contributed by atoms with Crippen molar-refractivity contribution in [3.8, 4) is 0 Å². The van der Waals surface area contributed by atoms with E-state index < -0.39 is 23.8 Å². The molecule has 26 valence electrons. The van der Waals surface area contributed by atoms with E-state index >= 15 is 0 Å². The van der Waals surface area contributed by atoms with Gasteiger partial charge in [-0.25, -0.2) is 0 Å². The maximum absolute atomic E-state index is 10.5. The van der Waals surface area contributed by atoms with Gasteiger partial charge in [-0.3, -0.25) is 0 Å². The van der Waals surface area contributed by atoms with Gasteiger partial charge < -0.3 is 0 Å². The zero-order chi connectivity index (χ0) is 2.71. The van der Waals surface area contributed by atoms with Crippen LogP contribution in [-0.4, -0.2) is 0 Å². The summed E-state index contributed by atoms with van der Waals surface area (Å²) in [5, 5.41) is 0. The van der Waals surface area contributed by atoms with Crippen molar-refractivity contribution in [2.75, 3.05) is 0 Å². The Bertz CT molecular complexity index is 8.00. The molecule has 0 aliphatic heterocycles. The Morgan fingerprint density at radius 2 is 1.75 bits per heavy atom. The molecule has 0 radical (unpaired) electrons. The second kappa shape index (κ2) is 8.94. The van der Waals surface area contributed by atoms with Crippen LogP contribution in [0.25, 0.3) is 0 Å². The molecule has 1 atom stereocenters. The quantitative estimate of drug-likeness (QED) is 0.412. The van der Waals surface area contributed by atoms with Crippen LogP contribution < -0.4 is 0 Å². The third-order valence-corrected chi connectivity index (χ3v) is 0. The van der Waals surface area contributed by atoms with Crippen LogP contribution in [0.4, 0.5) is 2.10 Å². The molecule has 4 heavy (non-hydrogen) atoms. The Morgan fingerprint density at radius 1 is 1.75 bits per heavy atom. The van der Waals surface area contributed by atoms with Crippen molar-refractivity contribution in [3.63, 3.8) is 0 Å². The van der Waals surface area contributed by atoms with Crippen molar-refractivity contribution in [3.05, 3.63) is 0 Å². The van der Waals surface area contributed by atoms with E-state index in [9.17, 15) is 2.10 Å². The van der Waals surface area contributed by atoms with E-state index in [1.807, 2.05) is 16.8 Å². The molecule has 0 amide bonds. The van der Waals surface area contributed by atoms with Crippen molar-refractivity contribution in [2.45, 2.75) is 0 Å². The molecule has 0 rings (SSSR count). The fourth-order valence-electron chi connectivity index (χ4n) is 0. The molecule has 0 aromatic heterocycles. The SMILES string of the molecule is P.[F][U][I]. The average molecular weight is 418 g/mol. The van der Waals surface area contributed by atoms with Crippen molar-refractivity contribution in [1.82, 2.24) is 0 Å². The molecule has 0 spiro atoms. The van der Waals surface area contributed by atoms with Crippen LogP contribution in [0.2, 0.25) is 0 Å². The number of halogens is 2. The molecule has 0 aliphatic carbocycles. The molecule has 0 aromatic carbocycles. The van der Waals surface area contributed by atoms with Crippen LogP contribution in [0.5, 0.6) is 0 Å². The topological polar surface area (TPSA) is 0 Å². The third-order valence-electron chi connectivity index (χ3n) is 0. The van der Waals surface area contributed by atoms with Gasteiger partial charge in [0.05, 0.1) is 0 Å². The van der Waals surface area contributed by atoms with E-state index in [1.54, 1.807) is 0 Å². The Kier molecular flexibility index (Phi) is 21.1. The Balaban J connectivity index is 0. The van der Waals surface area contributed by atoms with Crippen molar-refractivity contribution >= 4 is 26.7 Å². The molecule has 1 unspecified atom stereocenters. The standard InChI is InChI=1S/FH.HI.H3P.U/h2*1H;1H3;/q;;;+2/p-2. The van der Waals surface area contributed by atoms with Gasteiger partial charge in [-0.15, -0.1) is 0 Å². The zero-order valence-electron chi connectivity index (χ0n) is 1.96. The van der Waals surface area contributed by atoms with Gasteiger partial charge in [0.25, 0.3) is 0 Å². The van der Waals surface area contributed by atoms with E-state index in [-0.39, 0.29) is 9.90 Å². The first-order chi connectivity index (χ1) is 1.41. The fraction of sp³-hybridized carbons (Fsp3) is 0. The van der Waals surface area contributed by atoms with Gasteiger partial charge in [0.15, 0.2) is 0 Å². The Labute approximate surface area is 51.7 Å². The van der Waals surface area contributed by atoms with Gasteiger partial charge in [0, 0.05) is 0 Å². The summed E-state index contributed by atoms with van der Waals surface area (Å²) in [6, 6.07) is 0. The molecular weight excluding hydrogens is 415 g/mol. The molecule has 0 fully saturated rings. The monoisotopic (exact) mass is 418 g/mol. The Morgan fingerprint density at radius 3 is 1.75 bits per heavy atom. The molecular formula is H3FIPU. The molecule has 0 heterocycles. The van der Waals surface area contributed by atoms with Crippen LogP contribution >= 0.6 is 26.7 Å². The van der Waals surface area contributed by atoms with Gasteiger partial charge in [0.2, 0.25) is 0 Å². The summed E-state index contributed by atoms with van der Waals surface area (Å²) in [4.78, 5) is 0. The van der Waals surface area contributed by atoms with Crippen LogP contribution in [0, 0.1) is 23.8 Å². The summed E-state index contributed by atoms with van der Waals surface area (Å²) in [5.74, 6) is 0. The van der Waals surface area contributed by atoms with Gasteiger partial charge in [-0.05, 0) is 0 Å². The summed E-state index contributed by atoms with van der Waals surface area (Å²) in [5.41, 5.74) is 0. The second-order valence-electron chi connectivity index (χ2n) is 0.0714. The van der Waals surface area contributed by atoms with Crippen LogP contribution in [0.15, 0.2) is 0 Å². The van der Waals surface area contributed by atoms with Crippen molar-refractivity contribution in [2.24, 2.45) is 0 Å². The first kappa shape index (κ1) is 9.47. The molecule has 0 saturated carbocycles. The summed E-state index contributed by atoms with van der Waals surface area (Å²) in [7, 11) is 0. The third kappa shape index (κ3) is 8.91. The van der Waals surface area contributed by atoms with E-state index in [4.69, 9.17) is 0 Å². The van der Waals surface area contributed by atoms with Gasteiger partial charge in [-0.1, -0.05) is 0 Å². The average Bonchev–Trinajstić information content (AvgIpc) is 0.918. The van der Waals surface area contributed by atoms with Gasteiger partial charge in [-0.2, -0.15) is 9.90 Å². The zero-order valence-corrected chi connectivity index (χ0v) is 9.70. The number of rotatable bonds is 0. The molecule has 0 saturated heterocycles. The fourth-order valence-corrected chi connectivity index (χ4v) is 0. The van der Waals surface area contributed by atoms with Crippen molar-refractivity contribution < 1.29 is 25.9 Å². The molecule has 4 heteroatoms. The molecule has 0 aliphatic rings. The first-order valence-corrected chi connectivity index (χ1v) is 13.6. The van der Waals surface area contributed by atoms with Crippen molar-refractivity contribution in [1.29, 1.82) is 0 Å². The van der Waals surface area contributed by atoms with Crippen LogP contribution in [0.1, 0.15) is 0 Å². The minimum atomic E-state index is -1.54. The normalized spacial score (nSPS) is 2.50. The molecule has 0 aromatic rings. The second-order valence-corrected chi connectivity index (χ2v) is 4.47. The number of hydrogen-bond donors (Lipinski definition) is 0. The maximum atomic E-state index is 10.5. The van der Waals surface area contributed by atoms with E-state index in [1.165, 1.54) is 0 Å². The Hall–Kier alpha value is 2.14. The predicted octanol–water partition coefficient (Wildman–Crippen LogP) is 1.36. The van der Waals surface area contributed by atoms with E-state index in [0.29, 0.717) is 0 Å². The number of hydrogen-bond acceptors (Lipinski definition) is 0. The predicted molar refractivity (Wildman–Crippen MR) is 26.2 cm³/mol. The van der Waals surface area contributed by atoms with Gasteiger partial charge >= 0.3 is 42.6 Å². The molecule has 0 bridgehead atoms. The summed E-state index contributed by atoms with van der Waals surface area (Å²) in [6.07, 6.45) is 0. The summed E-state index contributed by atoms with van der Waals surface area (Å²) >= 11 is 0.296. The minimum absolute atomic E-state index is 0. The molecule has 0 nitrogen and oxygen atoms in total. The van der Waals surface area contributed by atoms with Crippen LogP contribution in [-0.2, 0) is 0 Å². The van der Waals surface area contributed by atoms with E-state index in [0.717, 1.165) is 0 Å². The first-order valence-electron chi connectivity index (χ1n) is 0.378. The van der Waals surface area contributed by atoms with E-state index in [2.05, 4.69) is 0 Å². The van der Waals surface area contributed by atoms with Crippen LogP contribution in [0.3, 0.4) is 0 Å².